The van der Waals surface area contributed by atoms with Gasteiger partial charge in [0.25, 0.3) is 0 Å². The maximum Gasteiger partial charge on any atom is 0.416 e. The fourth-order valence-electron chi connectivity index (χ4n) is 1.85. The van der Waals surface area contributed by atoms with Gasteiger partial charge in [-0.15, -0.1) is 0 Å². The first-order chi connectivity index (χ1) is 9.43. The summed E-state index contributed by atoms with van der Waals surface area (Å²) in [6, 6.07) is 10.5. The summed E-state index contributed by atoms with van der Waals surface area (Å²) in [5, 5.41) is 0. The monoisotopic (exact) mass is 341 g/mol. The number of rotatable bonds is 1. The van der Waals surface area contributed by atoms with Crippen molar-refractivity contribution in [3.63, 3.8) is 0 Å². The van der Waals surface area contributed by atoms with Gasteiger partial charge in [-0.3, -0.25) is 0 Å². The lowest BCUT2D eigenvalue weighted by atomic mass is 10.2. The quantitative estimate of drug-likeness (QED) is 0.602. The molecule has 0 saturated heterocycles. The molecule has 20 heavy (non-hydrogen) atoms. The minimum atomic E-state index is -4.39. The SMILES string of the molecule is FC(F)(F)c1ccc2oc(-c3cccc(Br)c3)nc2c1. The van der Waals surface area contributed by atoms with Crippen molar-refractivity contribution >= 4 is 27.0 Å². The van der Waals surface area contributed by atoms with Crippen LogP contribution in [0.1, 0.15) is 5.56 Å². The molecule has 102 valence electrons. The maximum absolute atomic E-state index is 12.6. The third kappa shape index (κ3) is 2.43. The van der Waals surface area contributed by atoms with E-state index in [2.05, 4.69) is 20.9 Å². The molecular weight excluding hydrogens is 335 g/mol. The van der Waals surface area contributed by atoms with Crippen LogP contribution < -0.4 is 0 Å². The van der Waals surface area contributed by atoms with Crippen molar-refractivity contribution in [2.75, 3.05) is 0 Å². The fraction of sp³-hybridized carbons (Fsp3) is 0.0714. The lowest BCUT2D eigenvalue weighted by Crippen LogP contribution is -2.03. The molecule has 0 unspecified atom stereocenters. The lowest BCUT2D eigenvalue weighted by molar-refractivity contribution is -0.137. The minimum Gasteiger partial charge on any atom is -0.436 e. The van der Waals surface area contributed by atoms with Gasteiger partial charge >= 0.3 is 6.18 Å². The van der Waals surface area contributed by atoms with E-state index < -0.39 is 11.7 Å². The number of hydrogen-bond acceptors (Lipinski definition) is 2. The molecule has 1 aromatic heterocycles. The predicted molar refractivity (Wildman–Crippen MR) is 72.1 cm³/mol. The molecular formula is C14H7BrF3NO. The van der Waals surface area contributed by atoms with Crippen molar-refractivity contribution in [2.45, 2.75) is 6.18 Å². The zero-order chi connectivity index (χ0) is 14.3. The highest BCUT2D eigenvalue weighted by Gasteiger charge is 2.31. The molecule has 0 radical (unpaired) electrons. The Hall–Kier alpha value is -1.82. The molecule has 0 aliphatic rings. The Labute approximate surface area is 120 Å². The second kappa shape index (κ2) is 4.63. The second-order valence-corrected chi connectivity index (χ2v) is 5.13. The van der Waals surface area contributed by atoms with E-state index in [0.29, 0.717) is 17.0 Å². The topological polar surface area (TPSA) is 26.0 Å². The van der Waals surface area contributed by atoms with E-state index in [0.717, 1.165) is 16.6 Å². The summed E-state index contributed by atoms with van der Waals surface area (Å²) in [5.74, 6) is 0.292. The molecule has 2 nitrogen and oxygen atoms in total. The zero-order valence-electron chi connectivity index (χ0n) is 9.91. The van der Waals surface area contributed by atoms with Gasteiger partial charge in [-0.2, -0.15) is 13.2 Å². The van der Waals surface area contributed by atoms with Gasteiger partial charge in [-0.05, 0) is 36.4 Å². The number of alkyl halides is 3. The van der Waals surface area contributed by atoms with Crippen LogP contribution in [0.5, 0.6) is 0 Å². The Morgan fingerprint density at radius 3 is 2.55 bits per heavy atom. The summed E-state index contributed by atoms with van der Waals surface area (Å²) < 4.78 is 44.2. The molecule has 3 aromatic rings. The summed E-state index contributed by atoms with van der Waals surface area (Å²) >= 11 is 3.32. The van der Waals surface area contributed by atoms with Crippen molar-refractivity contribution in [1.82, 2.24) is 4.98 Å². The highest BCUT2D eigenvalue weighted by molar-refractivity contribution is 9.10. The normalized spacial score (nSPS) is 12.0. The van der Waals surface area contributed by atoms with Crippen molar-refractivity contribution in [1.29, 1.82) is 0 Å². The van der Waals surface area contributed by atoms with Crippen molar-refractivity contribution < 1.29 is 17.6 Å². The Balaban J connectivity index is 2.11. The Morgan fingerprint density at radius 2 is 1.85 bits per heavy atom. The average Bonchev–Trinajstić information content (AvgIpc) is 2.80. The van der Waals surface area contributed by atoms with Crippen LogP contribution in [-0.2, 0) is 6.18 Å². The molecule has 3 rings (SSSR count). The van der Waals surface area contributed by atoms with Gasteiger partial charge in [-0.25, -0.2) is 4.98 Å². The standard InChI is InChI=1S/C14H7BrF3NO/c15-10-3-1-2-8(6-10)13-19-11-7-9(14(16,17)18)4-5-12(11)20-13/h1-7H. The van der Waals surface area contributed by atoms with Gasteiger partial charge in [-0.1, -0.05) is 22.0 Å². The van der Waals surface area contributed by atoms with E-state index >= 15 is 0 Å². The molecule has 0 aliphatic carbocycles. The van der Waals surface area contributed by atoms with Crippen molar-refractivity contribution in [3.8, 4) is 11.5 Å². The number of fused-ring (bicyclic) bond motifs is 1. The first kappa shape index (κ1) is 13.2. The molecule has 6 heteroatoms. The molecule has 0 bridgehead atoms. The summed E-state index contributed by atoms with van der Waals surface area (Å²) in [7, 11) is 0. The van der Waals surface area contributed by atoms with Crippen LogP contribution >= 0.6 is 15.9 Å². The van der Waals surface area contributed by atoms with Crippen molar-refractivity contribution in [2.24, 2.45) is 0 Å². The van der Waals surface area contributed by atoms with Gasteiger partial charge in [0, 0.05) is 10.0 Å². The third-order valence-corrected chi connectivity index (χ3v) is 3.28. The Kier molecular flexibility index (Phi) is 3.05. The van der Waals surface area contributed by atoms with E-state index in [1.54, 1.807) is 18.2 Å². The van der Waals surface area contributed by atoms with Crippen molar-refractivity contribution in [3.05, 3.63) is 52.5 Å². The van der Waals surface area contributed by atoms with Crippen LogP contribution in [0, 0.1) is 0 Å². The van der Waals surface area contributed by atoms with E-state index in [1.165, 1.54) is 6.07 Å². The van der Waals surface area contributed by atoms with E-state index in [-0.39, 0.29) is 5.52 Å². The van der Waals surface area contributed by atoms with Gasteiger partial charge in [0.05, 0.1) is 5.56 Å². The van der Waals surface area contributed by atoms with E-state index in [1.807, 2.05) is 6.07 Å². The third-order valence-electron chi connectivity index (χ3n) is 2.79. The number of nitrogens with zero attached hydrogens (tertiary/aromatic N) is 1. The van der Waals surface area contributed by atoms with Crippen LogP contribution in [0.2, 0.25) is 0 Å². The van der Waals surface area contributed by atoms with Crippen LogP contribution in [0.4, 0.5) is 13.2 Å². The number of hydrogen-bond donors (Lipinski definition) is 0. The van der Waals surface area contributed by atoms with Gasteiger partial charge < -0.3 is 4.42 Å². The fourth-order valence-corrected chi connectivity index (χ4v) is 2.25. The maximum atomic E-state index is 12.6. The first-order valence-electron chi connectivity index (χ1n) is 5.67. The van der Waals surface area contributed by atoms with Gasteiger partial charge in [0.2, 0.25) is 5.89 Å². The van der Waals surface area contributed by atoms with Gasteiger partial charge in [0.15, 0.2) is 5.58 Å². The summed E-state index contributed by atoms with van der Waals surface area (Å²) in [6.45, 7) is 0. The molecule has 0 fully saturated rings. The van der Waals surface area contributed by atoms with E-state index in [9.17, 15) is 13.2 Å². The largest absolute Gasteiger partial charge is 0.436 e. The molecule has 0 saturated carbocycles. The molecule has 2 aromatic carbocycles. The second-order valence-electron chi connectivity index (χ2n) is 4.21. The molecule has 0 N–H and O–H groups in total. The highest BCUT2D eigenvalue weighted by Crippen LogP contribution is 2.33. The number of aromatic nitrogens is 1. The lowest BCUT2D eigenvalue weighted by Gasteiger charge is -2.04. The first-order valence-corrected chi connectivity index (χ1v) is 6.46. The number of oxazole rings is 1. The molecule has 0 atom stereocenters. The number of halogens is 4. The smallest absolute Gasteiger partial charge is 0.416 e. The Morgan fingerprint density at radius 1 is 1.05 bits per heavy atom. The zero-order valence-corrected chi connectivity index (χ0v) is 11.5. The number of benzene rings is 2. The van der Waals surface area contributed by atoms with E-state index in [4.69, 9.17) is 4.42 Å². The van der Waals surface area contributed by atoms with Crippen LogP contribution in [0.15, 0.2) is 51.4 Å². The highest BCUT2D eigenvalue weighted by atomic mass is 79.9. The summed E-state index contributed by atoms with van der Waals surface area (Å²) in [5.41, 5.74) is 0.478. The van der Waals surface area contributed by atoms with Crippen LogP contribution in [-0.4, -0.2) is 4.98 Å². The molecule has 0 amide bonds. The molecule has 1 heterocycles. The summed E-state index contributed by atoms with van der Waals surface area (Å²) in [6.07, 6.45) is -4.39. The Bertz CT molecular complexity index is 779. The predicted octanol–water partition coefficient (Wildman–Crippen LogP) is 5.28. The van der Waals surface area contributed by atoms with Crippen LogP contribution in [0.25, 0.3) is 22.6 Å². The average molecular weight is 342 g/mol. The molecule has 0 aliphatic heterocycles. The minimum absolute atomic E-state index is 0.190. The van der Waals surface area contributed by atoms with Gasteiger partial charge in [0.1, 0.15) is 5.52 Å². The molecule has 0 spiro atoms. The van der Waals surface area contributed by atoms with Crippen LogP contribution in [0.3, 0.4) is 0 Å². The summed E-state index contributed by atoms with van der Waals surface area (Å²) in [4.78, 5) is 4.11.